The lowest BCUT2D eigenvalue weighted by Crippen LogP contribution is -2.42. The lowest BCUT2D eigenvalue weighted by Gasteiger charge is -2.13. The fourth-order valence-electron chi connectivity index (χ4n) is 2.95. The number of pyridine rings is 1. The van der Waals surface area contributed by atoms with Gasteiger partial charge in [0.2, 0.25) is 11.0 Å². The molecule has 1 amide bonds. The summed E-state index contributed by atoms with van der Waals surface area (Å²) in [7, 11) is 0. The lowest BCUT2D eigenvalue weighted by molar-refractivity contribution is -0.116. The number of hydrogen-bond donors (Lipinski definition) is 1. The Morgan fingerprint density at radius 2 is 1.86 bits per heavy atom. The second-order valence-electron chi connectivity index (χ2n) is 6.29. The van der Waals surface area contributed by atoms with Gasteiger partial charge in [-0.1, -0.05) is 41.7 Å². The number of amides is 1. The maximum absolute atomic E-state index is 13.1. The molecule has 0 saturated carbocycles. The number of carbonyl (C=O) groups is 1. The summed E-state index contributed by atoms with van der Waals surface area (Å²) in [6.45, 7) is 1.58. The molecule has 0 bridgehead atoms. The number of anilines is 1. The Bertz CT molecular complexity index is 1310. The molecule has 4 aromatic rings. The average molecular weight is 408 g/mol. The Labute approximate surface area is 168 Å². The molecule has 0 unspecified atom stereocenters. The van der Waals surface area contributed by atoms with E-state index in [0.29, 0.717) is 15.7 Å². The molecule has 29 heavy (non-hydrogen) atoms. The van der Waals surface area contributed by atoms with Crippen molar-refractivity contribution in [1.29, 1.82) is 0 Å². The van der Waals surface area contributed by atoms with Crippen molar-refractivity contribution >= 4 is 33.4 Å². The van der Waals surface area contributed by atoms with Gasteiger partial charge in [0.25, 0.3) is 5.56 Å². The van der Waals surface area contributed by atoms with E-state index in [9.17, 15) is 14.4 Å². The molecule has 0 atom stereocenters. The van der Waals surface area contributed by atoms with E-state index < -0.39 is 17.2 Å². The summed E-state index contributed by atoms with van der Waals surface area (Å²) in [5, 5.41) is 11.4. The zero-order valence-electron chi connectivity index (χ0n) is 15.4. The lowest BCUT2D eigenvalue weighted by atomic mass is 10.2. The number of benzene rings is 1. The largest absolute Gasteiger partial charge is 0.332 e. The molecular formula is C19H16N6O3S. The SMILES string of the molecule is Cc1nnc(NC(=O)Cn2c(=O)n(Cc3ccccc3)c(=O)c3ncccc32)s1. The Morgan fingerprint density at radius 1 is 1.07 bits per heavy atom. The first-order chi connectivity index (χ1) is 14.0. The number of fused-ring (bicyclic) bond motifs is 1. The van der Waals surface area contributed by atoms with Gasteiger partial charge in [0.1, 0.15) is 11.6 Å². The summed E-state index contributed by atoms with van der Waals surface area (Å²) >= 11 is 1.23. The van der Waals surface area contributed by atoms with Crippen molar-refractivity contribution in [3.8, 4) is 0 Å². The van der Waals surface area contributed by atoms with E-state index in [0.717, 1.165) is 10.1 Å². The minimum atomic E-state index is -0.581. The van der Waals surface area contributed by atoms with Crippen LogP contribution in [0.2, 0.25) is 0 Å². The van der Waals surface area contributed by atoms with Crippen LogP contribution in [-0.2, 0) is 17.9 Å². The van der Waals surface area contributed by atoms with Crippen LogP contribution in [0, 0.1) is 6.92 Å². The highest BCUT2D eigenvalue weighted by Crippen LogP contribution is 2.14. The first kappa shape index (κ1) is 18.7. The molecule has 3 heterocycles. The first-order valence-electron chi connectivity index (χ1n) is 8.75. The van der Waals surface area contributed by atoms with Crippen LogP contribution >= 0.6 is 11.3 Å². The molecule has 1 N–H and O–H groups in total. The van der Waals surface area contributed by atoms with Crippen molar-refractivity contribution in [2.45, 2.75) is 20.0 Å². The van der Waals surface area contributed by atoms with Gasteiger partial charge in [-0.15, -0.1) is 10.2 Å². The molecule has 0 saturated heterocycles. The van der Waals surface area contributed by atoms with Gasteiger partial charge in [0, 0.05) is 6.20 Å². The number of rotatable bonds is 5. The second kappa shape index (κ2) is 7.76. The highest BCUT2D eigenvalue weighted by molar-refractivity contribution is 7.15. The third-order valence-electron chi connectivity index (χ3n) is 4.24. The van der Waals surface area contributed by atoms with Gasteiger partial charge in [-0.05, 0) is 24.6 Å². The zero-order chi connectivity index (χ0) is 20.4. The van der Waals surface area contributed by atoms with Crippen molar-refractivity contribution in [3.05, 3.63) is 80.1 Å². The Kier molecular flexibility index (Phi) is 5.00. The number of aryl methyl sites for hydroxylation is 1. The highest BCUT2D eigenvalue weighted by atomic mass is 32.1. The number of nitrogens with zero attached hydrogens (tertiary/aromatic N) is 5. The normalized spacial score (nSPS) is 10.9. The molecule has 0 aliphatic heterocycles. The molecule has 0 radical (unpaired) electrons. The predicted octanol–water partition coefficient (Wildman–Crippen LogP) is 1.41. The molecule has 0 fully saturated rings. The Balaban J connectivity index is 1.77. The van der Waals surface area contributed by atoms with E-state index in [4.69, 9.17) is 0 Å². The average Bonchev–Trinajstić information content (AvgIpc) is 3.13. The number of aromatic nitrogens is 5. The van der Waals surface area contributed by atoms with Gasteiger partial charge in [-0.25, -0.2) is 9.78 Å². The van der Waals surface area contributed by atoms with Crippen molar-refractivity contribution in [2.75, 3.05) is 5.32 Å². The van der Waals surface area contributed by atoms with Crippen LogP contribution < -0.4 is 16.6 Å². The van der Waals surface area contributed by atoms with Gasteiger partial charge in [-0.3, -0.25) is 24.0 Å². The third kappa shape index (κ3) is 3.83. The van der Waals surface area contributed by atoms with Gasteiger partial charge >= 0.3 is 5.69 Å². The smallest absolute Gasteiger partial charge is 0.299 e. The maximum Gasteiger partial charge on any atom is 0.332 e. The predicted molar refractivity (Wildman–Crippen MR) is 109 cm³/mol. The van der Waals surface area contributed by atoms with E-state index in [2.05, 4.69) is 20.5 Å². The minimum Gasteiger partial charge on any atom is -0.299 e. The third-order valence-corrected chi connectivity index (χ3v) is 5.00. The van der Waals surface area contributed by atoms with E-state index in [-0.39, 0.29) is 18.6 Å². The Hall–Kier alpha value is -3.66. The molecule has 10 heteroatoms. The minimum absolute atomic E-state index is 0.0856. The van der Waals surface area contributed by atoms with Crippen molar-refractivity contribution in [1.82, 2.24) is 24.3 Å². The highest BCUT2D eigenvalue weighted by Gasteiger charge is 2.17. The maximum atomic E-state index is 13.1. The quantitative estimate of drug-likeness (QED) is 0.534. The van der Waals surface area contributed by atoms with Gasteiger partial charge in [0.15, 0.2) is 5.52 Å². The van der Waals surface area contributed by atoms with Crippen LogP contribution in [0.1, 0.15) is 10.6 Å². The van der Waals surface area contributed by atoms with Crippen molar-refractivity contribution in [2.24, 2.45) is 0 Å². The molecule has 146 valence electrons. The summed E-state index contributed by atoms with van der Waals surface area (Å²) in [6, 6.07) is 12.4. The zero-order valence-corrected chi connectivity index (χ0v) is 16.2. The van der Waals surface area contributed by atoms with E-state index in [1.807, 2.05) is 30.3 Å². The molecule has 0 spiro atoms. The fourth-order valence-corrected chi connectivity index (χ4v) is 3.56. The van der Waals surface area contributed by atoms with Crippen molar-refractivity contribution in [3.63, 3.8) is 0 Å². The van der Waals surface area contributed by atoms with Crippen LogP contribution in [0.25, 0.3) is 11.0 Å². The van der Waals surface area contributed by atoms with Gasteiger partial charge in [0.05, 0.1) is 12.1 Å². The van der Waals surface area contributed by atoms with E-state index in [1.54, 1.807) is 19.1 Å². The van der Waals surface area contributed by atoms with E-state index >= 15 is 0 Å². The number of hydrogen-bond acceptors (Lipinski definition) is 7. The second-order valence-corrected chi connectivity index (χ2v) is 7.47. The molecular weight excluding hydrogens is 392 g/mol. The topological polar surface area (TPSA) is 112 Å². The molecule has 0 aliphatic rings. The summed E-state index contributed by atoms with van der Waals surface area (Å²) in [4.78, 5) is 42.6. The Morgan fingerprint density at radius 3 is 2.59 bits per heavy atom. The summed E-state index contributed by atoms with van der Waals surface area (Å²) in [6.07, 6.45) is 1.48. The molecule has 1 aromatic carbocycles. The fraction of sp³-hybridized carbons (Fsp3) is 0.158. The van der Waals surface area contributed by atoms with Crippen molar-refractivity contribution < 1.29 is 4.79 Å². The summed E-state index contributed by atoms with van der Waals surface area (Å²) in [5.74, 6) is -0.446. The number of carbonyl (C=O) groups excluding carboxylic acids is 1. The standard InChI is InChI=1S/C19H16N6O3S/c1-12-22-23-18(29-12)21-15(26)11-24-14-8-5-9-20-16(14)17(27)25(19(24)28)10-13-6-3-2-4-7-13/h2-9H,10-11H2,1H3,(H,21,23,26). The summed E-state index contributed by atoms with van der Waals surface area (Å²) in [5.41, 5.74) is 0.147. The van der Waals surface area contributed by atoms with Crippen LogP contribution in [0.5, 0.6) is 0 Å². The van der Waals surface area contributed by atoms with Gasteiger partial charge in [-0.2, -0.15) is 0 Å². The van der Waals surface area contributed by atoms with Gasteiger partial charge < -0.3 is 0 Å². The molecule has 9 nitrogen and oxygen atoms in total. The molecule has 3 aromatic heterocycles. The monoisotopic (exact) mass is 408 g/mol. The summed E-state index contributed by atoms with van der Waals surface area (Å²) < 4.78 is 2.34. The van der Waals surface area contributed by atoms with Crippen LogP contribution in [0.3, 0.4) is 0 Å². The van der Waals surface area contributed by atoms with E-state index in [1.165, 1.54) is 22.1 Å². The first-order valence-corrected chi connectivity index (χ1v) is 9.57. The number of nitrogens with one attached hydrogen (secondary N) is 1. The molecule has 4 rings (SSSR count). The van der Waals surface area contributed by atoms with Crippen LogP contribution in [-0.4, -0.2) is 30.2 Å². The van der Waals surface area contributed by atoms with Crippen LogP contribution in [0.15, 0.2) is 58.3 Å². The molecule has 0 aliphatic carbocycles. The van der Waals surface area contributed by atoms with Crippen LogP contribution in [0.4, 0.5) is 5.13 Å².